The molecule has 0 atom stereocenters. The highest BCUT2D eigenvalue weighted by atomic mass is 32.1. The van der Waals surface area contributed by atoms with E-state index >= 15 is 0 Å². The number of rotatable bonds is 7. The fourth-order valence-corrected chi connectivity index (χ4v) is 3.20. The van der Waals surface area contributed by atoms with Gasteiger partial charge >= 0.3 is 0 Å². The van der Waals surface area contributed by atoms with Gasteiger partial charge in [0.15, 0.2) is 5.13 Å². The van der Waals surface area contributed by atoms with Crippen LogP contribution >= 0.6 is 11.3 Å². The zero-order valence-electron chi connectivity index (χ0n) is 15.4. The Morgan fingerprint density at radius 1 is 1.11 bits per heavy atom. The Morgan fingerprint density at radius 3 is 2.48 bits per heavy atom. The van der Waals surface area contributed by atoms with Gasteiger partial charge in [-0.3, -0.25) is 4.79 Å². The Balaban J connectivity index is 1.53. The zero-order valence-corrected chi connectivity index (χ0v) is 16.3. The van der Waals surface area contributed by atoms with E-state index in [1.54, 1.807) is 12.5 Å². The highest BCUT2D eigenvalue weighted by Gasteiger charge is 2.11. The van der Waals surface area contributed by atoms with Crippen LogP contribution in [0.15, 0.2) is 35.7 Å². The second kappa shape index (κ2) is 8.59. The van der Waals surface area contributed by atoms with E-state index in [-0.39, 0.29) is 5.91 Å². The molecule has 0 radical (unpaired) electrons. The minimum atomic E-state index is -0.200. The maximum absolute atomic E-state index is 12.3. The Morgan fingerprint density at radius 2 is 1.81 bits per heavy atom. The third kappa shape index (κ3) is 5.24. The van der Waals surface area contributed by atoms with Crippen molar-refractivity contribution in [3.63, 3.8) is 0 Å². The molecule has 0 bridgehead atoms. The molecule has 8 heteroatoms. The lowest BCUT2D eigenvalue weighted by Gasteiger charge is -2.05. The predicted molar refractivity (Wildman–Crippen MR) is 106 cm³/mol. The van der Waals surface area contributed by atoms with Crippen molar-refractivity contribution >= 4 is 28.3 Å². The smallest absolute Gasteiger partial charge is 0.270 e. The summed E-state index contributed by atoms with van der Waals surface area (Å²) in [6.45, 7) is 4.35. The first kappa shape index (κ1) is 18.8. The van der Waals surface area contributed by atoms with Gasteiger partial charge in [0.25, 0.3) is 5.91 Å². The van der Waals surface area contributed by atoms with E-state index < -0.39 is 0 Å². The Hall–Kier alpha value is -3.00. The third-order valence-corrected chi connectivity index (χ3v) is 4.55. The van der Waals surface area contributed by atoms with Crippen molar-refractivity contribution in [2.75, 3.05) is 19.0 Å². The first-order chi connectivity index (χ1) is 13.0. The number of hydrogen-bond acceptors (Lipinski definition) is 7. The van der Waals surface area contributed by atoms with E-state index in [1.807, 2.05) is 44.2 Å². The van der Waals surface area contributed by atoms with Crippen LogP contribution < -0.4 is 15.4 Å². The summed E-state index contributed by atoms with van der Waals surface area (Å²) in [6, 6.07) is 9.68. The Bertz CT molecular complexity index is 904. The molecule has 2 heterocycles. The number of aromatic nitrogens is 3. The fourth-order valence-electron chi connectivity index (χ4n) is 2.52. The summed E-state index contributed by atoms with van der Waals surface area (Å²) < 4.78 is 5.14. The van der Waals surface area contributed by atoms with E-state index in [4.69, 9.17) is 4.74 Å². The number of aryl methyl sites for hydroxylation is 2. The molecule has 0 aliphatic carbocycles. The molecule has 0 aliphatic rings. The SMILES string of the molecule is COc1ccc(CCNC(=O)c2csc(Nc3nc(C)cc(C)n3)n2)cc1. The van der Waals surface area contributed by atoms with Gasteiger partial charge in [-0.2, -0.15) is 0 Å². The van der Waals surface area contributed by atoms with Gasteiger partial charge in [-0.1, -0.05) is 12.1 Å². The molecule has 7 nitrogen and oxygen atoms in total. The van der Waals surface area contributed by atoms with Crippen molar-refractivity contribution in [2.24, 2.45) is 0 Å². The summed E-state index contributed by atoms with van der Waals surface area (Å²) in [7, 11) is 1.64. The number of ether oxygens (including phenoxy) is 1. The average Bonchev–Trinajstić information content (AvgIpc) is 3.10. The molecule has 0 spiro atoms. The van der Waals surface area contributed by atoms with Crippen LogP contribution in [0.25, 0.3) is 0 Å². The highest BCUT2D eigenvalue weighted by molar-refractivity contribution is 7.14. The molecular formula is C19H21N5O2S. The van der Waals surface area contributed by atoms with Crippen LogP contribution in [-0.4, -0.2) is 34.5 Å². The van der Waals surface area contributed by atoms with Gasteiger partial charge in [0, 0.05) is 23.3 Å². The first-order valence-corrected chi connectivity index (χ1v) is 9.37. The first-order valence-electron chi connectivity index (χ1n) is 8.49. The van der Waals surface area contributed by atoms with E-state index in [0.717, 1.165) is 29.1 Å². The summed E-state index contributed by atoms with van der Waals surface area (Å²) in [5, 5.41) is 8.23. The number of hydrogen-bond donors (Lipinski definition) is 2. The van der Waals surface area contributed by atoms with Gasteiger partial charge in [0.2, 0.25) is 5.95 Å². The van der Waals surface area contributed by atoms with Crippen LogP contribution in [0.4, 0.5) is 11.1 Å². The van der Waals surface area contributed by atoms with Crippen LogP contribution in [0.5, 0.6) is 5.75 Å². The lowest BCUT2D eigenvalue weighted by atomic mass is 10.1. The number of methoxy groups -OCH3 is 1. The molecule has 0 aliphatic heterocycles. The third-order valence-electron chi connectivity index (χ3n) is 3.80. The second-order valence-electron chi connectivity index (χ2n) is 5.99. The molecule has 0 unspecified atom stereocenters. The molecule has 3 aromatic rings. The van der Waals surface area contributed by atoms with Crippen LogP contribution in [0.1, 0.15) is 27.4 Å². The number of carbonyl (C=O) groups is 1. The average molecular weight is 383 g/mol. The monoisotopic (exact) mass is 383 g/mol. The number of thiazole rings is 1. The van der Waals surface area contributed by atoms with Gasteiger partial charge in [-0.15, -0.1) is 11.3 Å². The standard InChI is InChI=1S/C19H21N5O2S/c1-12-10-13(2)22-18(21-12)24-19-23-16(11-27-19)17(25)20-9-8-14-4-6-15(26-3)7-5-14/h4-7,10-11H,8-9H2,1-3H3,(H,20,25)(H,21,22,23,24). The molecular weight excluding hydrogens is 362 g/mol. The van der Waals surface area contributed by atoms with Crippen LogP contribution in [0, 0.1) is 13.8 Å². The van der Waals surface area contributed by atoms with Gasteiger partial charge in [0.1, 0.15) is 11.4 Å². The minimum absolute atomic E-state index is 0.200. The van der Waals surface area contributed by atoms with E-state index in [0.29, 0.717) is 23.3 Å². The lowest BCUT2D eigenvalue weighted by Crippen LogP contribution is -2.26. The largest absolute Gasteiger partial charge is 0.497 e. The van der Waals surface area contributed by atoms with Crippen LogP contribution in [0.3, 0.4) is 0 Å². The number of nitrogens with one attached hydrogen (secondary N) is 2. The maximum atomic E-state index is 12.3. The fraction of sp³-hybridized carbons (Fsp3) is 0.263. The van der Waals surface area contributed by atoms with Gasteiger partial charge < -0.3 is 15.4 Å². The number of anilines is 2. The van der Waals surface area contributed by atoms with Gasteiger partial charge in [-0.05, 0) is 44.0 Å². The summed E-state index contributed by atoms with van der Waals surface area (Å²) >= 11 is 1.34. The van der Waals surface area contributed by atoms with Crippen LogP contribution in [0.2, 0.25) is 0 Å². The van der Waals surface area contributed by atoms with Crippen molar-refractivity contribution < 1.29 is 9.53 Å². The van der Waals surface area contributed by atoms with E-state index in [9.17, 15) is 4.79 Å². The molecule has 140 valence electrons. The van der Waals surface area contributed by atoms with Gasteiger partial charge in [-0.25, -0.2) is 15.0 Å². The van der Waals surface area contributed by atoms with Gasteiger partial charge in [0.05, 0.1) is 7.11 Å². The zero-order chi connectivity index (χ0) is 19.2. The summed E-state index contributed by atoms with van der Waals surface area (Å²) in [6.07, 6.45) is 0.737. The van der Waals surface area contributed by atoms with Crippen molar-refractivity contribution in [2.45, 2.75) is 20.3 Å². The molecule has 0 saturated heterocycles. The molecule has 2 N–H and O–H groups in total. The van der Waals surface area contributed by atoms with Crippen molar-refractivity contribution in [3.05, 3.63) is 58.4 Å². The second-order valence-corrected chi connectivity index (χ2v) is 6.85. The van der Waals surface area contributed by atoms with Crippen LogP contribution in [-0.2, 0) is 6.42 Å². The van der Waals surface area contributed by atoms with Crippen molar-refractivity contribution in [3.8, 4) is 5.75 Å². The molecule has 2 aromatic heterocycles. The Labute approximate surface area is 161 Å². The van der Waals surface area contributed by atoms with E-state index in [2.05, 4.69) is 25.6 Å². The summed E-state index contributed by atoms with van der Waals surface area (Å²) in [5.74, 6) is 1.10. The summed E-state index contributed by atoms with van der Waals surface area (Å²) in [4.78, 5) is 25.2. The molecule has 0 fully saturated rings. The molecule has 3 rings (SSSR count). The quantitative estimate of drug-likeness (QED) is 0.651. The number of benzene rings is 1. The lowest BCUT2D eigenvalue weighted by molar-refractivity contribution is 0.0950. The topological polar surface area (TPSA) is 89.0 Å². The summed E-state index contributed by atoms with van der Waals surface area (Å²) in [5.41, 5.74) is 3.25. The van der Waals surface area contributed by atoms with Crippen molar-refractivity contribution in [1.29, 1.82) is 0 Å². The molecule has 1 aromatic carbocycles. The normalized spacial score (nSPS) is 10.5. The number of carbonyl (C=O) groups excluding carboxylic acids is 1. The van der Waals surface area contributed by atoms with E-state index in [1.165, 1.54) is 11.3 Å². The highest BCUT2D eigenvalue weighted by Crippen LogP contribution is 2.19. The minimum Gasteiger partial charge on any atom is -0.497 e. The number of amides is 1. The molecule has 27 heavy (non-hydrogen) atoms. The molecule has 1 amide bonds. The predicted octanol–water partition coefficient (Wildman–Crippen LogP) is 3.27. The Kier molecular flexibility index (Phi) is 5.97. The maximum Gasteiger partial charge on any atom is 0.270 e. The number of nitrogens with zero attached hydrogens (tertiary/aromatic N) is 3. The molecule has 0 saturated carbocycles. The van der Waals surface area contributed by atoms with Crippen molar-refractivity contribution in [1.82, 2.24) is 20.3 Å².